The zero-order chi connectivity index (χ0) is 15.1. The summed E-state index contributed by atoms with van der Waals surface area (Å²) < 4.78 is 4.60. The summed E-state index contributed by atoms with van der Waals surface area (Å²) in [6, 6.07) is 3.58. The third-order valence-electron chi connectivity index (χ3n) is 2.47. The number of hydrogen-bond acceptors (Lipinski definition) is 5. The van der Waals surface area contributed by atoms with Crippen molar-refractivity contribution in [1.29, 1.82) is 0 Å². The Labute approximate surface area is 121 Å². The van der Waals surface area contributed by atoms with Gasteiger partial charge in [0.05, 0.1) is 11.5 Å². The molecule has 1 heterocycles. The standard InChI is InChI=1S/C13H18N2O4S/c1-4-15(8-11(16)14-13(18)19-5-2)12(17)10-7-6-9(3)20-10/h6-7H,4-5,8H2,1-3H3,(H,14,16,18). The highest BCUT2D eigenvalue weighted by Crippen LogP contribution is 2.17. The van der Waals surface area contributed by atoms with Gasteiger partial charge in [-0.1, -0.05) is 0 Å². The molecule has 1 N–H and O–H groups in total. The molecule has 7 heteroatoms. The first kappa shape index (κ1) is 16.2. The number of alkyl carbamates (subject to hydrolysis) is 1. The molecule has 0 aromatic carbocycles. The van der Waals surface area contributed by atoms with Gasteiger partial charge < -0.3 is 9.64 Å². The number of carbonyl (C=O) groups excluding carboxylic acids is 3. The average molecular weight is 298 g/mol. The van der Waals surface area contributed by atoms with E-state index in [2.05, 4.69) is 10.1 Å². The molecule has 0 aliphatic heterocycles. The van der Waals surface area contributed by atoms with Crippen LogP contribution in [0.4, 0.5) is 4.79 Å². The number of likely N-dealkylation sites (N-methyl/N-ethyl adjacent to an activating group) is 1. The Morgan fingerprint density at radius 2 is 2.00 bits per heavy atom. The molecule has 110 valence electrons. The third kappa shape index (κ3) is 4.65. The maximum absolute atomic E-state index is 12.2. The van der Waals surface area contributed by atoms with Gasteiger partial charge in [0.15, 0.2) is 0 Å². The number of aryl methyl sites for hydroxylation is 1. The van der Waals surface area contributed by atoms with Gasteiger partial charge in [-0.15, -0.1) is 11.3 Å². The quantitative estimate of drug-likeness (QED) is 0.899. The van der Waals surface area contributed by atoms with Gasteiger partial charge in [0.2, 0.25) is 5.91 Å². The molecule has 1 rings (SSSR count). The Hall–Kier alpha value is -1.89. The summed E-state index contributed by atoms with van der Waals surface area (Å²) in [6.07, 6.45) is -0.798. The van der Waals surface area contributed by atoms with Gasteiger partial charge in [-0.3, -0.25) is 14.9 Å². The second-order valence-electron chi connectivity index (χ2n) is 4.00. The van der Waals surface area contributed by atoms with Crippen LogP contribution in [0.15, 0.2) is 12.1 Å². The molecule has 3 amide bonds. The highest BCUT2D eigenvalue weighted by Gasteiger charge is 2.19. The summed E-state index contributed by atoms with van der Waals surface area (Å²) >= 11 is 1.37. The van der Waals surface area contributed by atoms with Crippen molar-refractivity contribution in [3.8, 4) is 0 Å². The SMILES string of the molecule is CCOC(=O)NC(=O)CN(CC)C(=O)c1ccc(C)s1. The number of nitrogens with one attached hydrogen (secondary N) is 1. The molecule has 0 aliphatic carbocycles. The highest BCUT2D eigenvalue weighted by atomic mass is 32.1. The Bertz CT molecular complexity index is 498. The lowest BCUT2D eigenvalue weighted by molar-refractivity contribution is -0.121. The van der Waals surface area contributed by atoms with E-state index in [4.69, 9.17) is 0 Å². The van der Waals surface area contributed by atoms with Gasteiger partial charge in [0, 0.05) is 11.4 Å². The fraction of sp³-hybridized carbons (Fsp3) is 0.462. The molecule has 0 aliphatic rings. The van der Waals surface area contributed by atoms with Gasteiger partial charge in [0.1, 0.15) is 6.54 Å². The molecule has 6 nitrogen and oxygen atoms in total. The van der Waals surface area contributed by atoms with E-state index in [0.717, 1.165) is 4.88 Å². The molecule has 0 unspecified atom stereocenters. The molecule has 0 radical (unpaired) electrons. The lowest BCUT2D eigenvalue weighted by Gasteiger charge is -2.19. The molecular weight excluding hydrogens is 280 g/mol. The van der Waals surface area contributed by atoms with Crippen LogP contribution >= 0.6 is 11.3 Å². The summed E-state index contributed by atoms with van der Waals surface area (Å²) in [5, 5.41) is 2.07. The number of amides is 3. The molecule has 20 heavy (non-hydrogen) atoms. The minimum absolute atomic E-state index is 0.176. The number of thiophene rings is 1. The summed E-state index contributed by atoms with van der Waals surface area (Å²) in [4.78, 5) is 37.9. The van der Waals surface area contributed by atoms with Gasteiger partial charge >= 0.3 is 6.09 Å². The van der Waals surface area contributed by atoms with Crippen LogP contribution in [0, 0.1) is 6.92 Å². The maximum Gasteiger partial charge on any atom is 0.413 e. The minimum Gasteiger partial charge on any atom is -0.450 e. The zero-order valence-corrected chi connectivity index (χ0v) is 12.6. The van der Waals surface area contributed by atoms with Gasteiger partial charge in [-0.2, -0.15) is 0 Å². The second kappa shape index (κ2) is 7.64. The van der Waals surface area contributed by atoms with E-state index in [0.29, 0.717) is 11.4 Å². The average Bonchev–Trinajstić information content (AvgIpc) is 2.82. The zero-order valence-electron chi connectivity index (χ0n) is 11.8. The minimum atomic E-state index is -0.798. The molecule has 1 aromatic heterocycles. The molecular formula is C13H18N2O4S. The first-order chi connectivity index (χ1) is 9.47. The summed E-state index contributed by atoms with van der Waals surface area (Å²) in [7, 11) is 0. The Balaban J connectivity index is 2.60. The van der Waals surface area contributed by atoms with Crippen molar-refractivity contribution in [3.05, 3.63) is 21.9 Å². The summed E-state index contributed by atoms with van der Waals surface area (Å²) in [5.41, 5.74) is 0. The van der Waals surface area contributed by atoms with Crippen molar-refractivity contribution in [1.82, 2.24) is 10.2 Å². The third-order valence-corrected chi connectivity index (χ3v) is 3.46. The Morgan fingerprint density at radius 3 is 2.50 bits per heavy atom. The van der Waals surface area contributed by atoms with Gasteiger partial charge in [-0.05, 0) is 32.9 Å². The number of carbonyl (C=O) groups is 3. The number of nitrogens with zero attached hydrogens (tertiary/aromatic N) is 1. The Kier molecular flexibility index (Phi) is 6.17. The van der Waals surface area contributed by atoms with E-state index < -0.39 is 12.0 Å². The van der Waals surface area contributed by atoms with Crippen molar-refractivity contribution in [2.75, 3.05) is 19.7 Å². The van der Waals surface area contributed by atoms with Crippen molar-refractivity contribution in [3.63, 3.8) is 0 Å². The van der Waals surface area contributed by atoms with E-state index in [-0.39, 0.29) is 19.1 Å². The van der Waals surface area contributed by atoms with Gasteiger partial charge in [-0.25, -0.2) is 4.79 Å². The molecule has 0 fully saturated rings. The van der Waals surface area contributed by atoms with E-state index in [9.17, 15) is 14.4 Å². The van der Waals surface area contributed by atoms with E-state index >= 15 is 0 Å². The van der Waals surface area contributed by atoms with Crippen LogP contribution in [0.1, 0.15) is 28.4 Å². The molecule has 0 spiro atoms. The second-order valence-corrected chi connectivity index (χ2v) is 5.29. The number of hydrogen-bond donors (Lipinski definition) is 1. The van der Waals surface area contributed by atoms with Crippen LogP contribution in [0.2, 0.25) is 0 Å². The molecule has 1 aromatic rings. The molecule has 0 saturated heterocycles. The highest BCUT2D eigenvalue weighted by molar-refractivity contribution is 7.13. The Morgan fingerprint density at radius 1 is 1.30 bits per heavy atom. The van der Waals surface area contributed by atoms with E-state index in [1.165, 1.54) is 16.2 Å². The number of rotatable bonds is 5. The van der Waals surface area contributed by atoms with Crippen LogP contribution in [-0.2, 0) is 9.53 Å². The van der Waals surface area contributed by atoms with Crippen LogP contribution in [0.3, 0.4) is 0 Å². The van der Waals surface area contributed by atoms with Gasteiger partial charge in [0.25, 0.3) is 5.91 Å². The largest absolute Gasteiger partial charge is 0.450 e. The number of ether oxygens (including phenoxy) is 1. The predicted molar refractivity (Wildman–Crippen MR) is 75.8 cm³/mol. The van der Waals surface area contributed by atoms with E-state index in [1.54, 1.807) is 19.9 Å². The first-order valence-corrected chi connectivity index (χ1v) is 7.11. The normalized spacial score (nSPS) is 9.95. The molecule has 0 saturated carbocycles. The van der Waals surface area contributed by atoms with Crippen molar-refractivity contribution >= 4 is 29.2 Å². The lowest BCUT2D eigenvalue weighted by atomic mass is 10.3. The van der Waals surface area contributed by atoms with Crippen molar-refractivity contribution < 1.29 is 19.1 Å². The molecule has 0 atom stereocenters. The van der Waals surface area contributed by atoms with Crippen LogP contribution < -0.4 is 5.32 Å². The van der Waals surface area contributed by atoms with E-state index in [1.807, 2.05) is 13.0 Å². The topological polar surface area (TPSA) is 75.7 Å². The predicted octanol–water partition coefficient (Wildman–Crippen LogP) is 1.79. The fourth-order valence-corrected chi connectivity index (χ4v) is 2.36. The first-order valence-electron chi connectivity index (χ1n) is 6.30. The van der Waals surface area contributed by atoms with Crippen LogP contribution in [-0.4, -0.2) is 42.5 Å². The number of imide groups is 1. The van der Waals surface area contributed by atoms with Crippen LogP contribution in [0.5, 0.6) is 0 Å². The summed E-state index contributed by atoms with van der Waals surface area (Å²) in [6.45, 7) is 5.72. The van der Waals surface area contributed by atoms with Crippen LogP contribution in [0.25, 0.3) is 0 Å². The van der Waals surface area contributed by atoms with Crippen molar-refractivity contribution in [2.24, 2.45) is 0 Å². The van der Waals surface area contributed by atoms with Crippen molar-refractivity contribution in [2.45, 2.75) is 20.8 Å². The lowest BCUT2D eigenvalue weighted by Crippen LogP contribution is -2.42. The molecule has 0 bridgehead atoms. The maximum atomic E-state index is 12.2. The smallest absolute Gasteiger partial charge is 0.413 e. The fourth-order valence-electron chi connectivity index (χ4n) is 1.53. The summed E-state index contributed by atoms with van der Waals surface area (Å²) in [5.74, 6) is -0.781. The monoisotopic (exact) mass is 298 g/mol.